The largest absolute Gasteiger partial charge is 0.550 e. The summed E-state index contributed by atoms with van der Waals surface area (Å²) >= 11 is 0. The van der Waals surface area contributed by atoms with E-state index in [1.807, 2.05) is 6.26 Å². The zero-order valence-electron chi connectivity index (χ0n) is 8.56. The minimum absolute atomic E-state index is 1.04. The average Bonchev–Trinajstić information content (AvgIpc) is 1.55. The second-order valence-electron chi connectivity index (χ2n) is 4.90. The Morgan fingerprint density at radius 2 is 1.36 bits per heavy atom. The predicted molar refractivity (Wildman–Crippen MR) is 56.9 cm³/mol. The highest BCUT2D eigenvalue weighted by atomic mass is 28.4. The van der Waals surface area contributed by atoms with Crippen molar-refractivity contribution in [3.63, 3.8) is 0 Å². The normalized spacial score (nSPS) is 14.0. The first-order valence-electron chi connectivity index (χ1n) is 4.06. The Morgan fingerprint density at radius 3 is 1.64 bits per heavy atom. The summed E-state index contributed by atoms with van der Waals surface area (Å²) in [7, 11) is -2.36. The molecule has 0 N–H and O–H groups in total. The SMILES string of the molecule is C[Si](C)(C)/C=C/O[Si](C)(C)C. The van der Waals surface area contributed by atoms with Crippen LogP contribution in [0.1, 0.15) is 0 Å². The van der Waals surface area contributed by atoms with Gasteiger partial charge < -0.3 is 4.43 Å². The zero-order valence-corrected chi connectivity index (χ0v) is 10.6. The van der Waals surface area contributed by atoms with E-state index >= 15 is 0 Å². The lowest BCUT2D eigenvalue weighted by molar-refractivity contribution is 0.480. The van der Waals surface area contributed by atoms with E-state index in [4.69, 9.17) is 4.43 Å². The molecule has 0 aromatic heterocycles. The fourth-order valence-corrected chi connectivity index (χ4v) is 1.53. The first-order chi connectivity index (χ1) is 4.71. The van der Waals surface area contributed by atoms with Crippen molar-refractivity contribution in [2.24, 2.45) is 0 Å². The standard InChI is InChI=1S/C8H20OSi2/c1-10(2,3)8-7-9-11(4,5)6/h7-8H,1-6H3/b8-7+. The summed E-state index contributed by atoms with van der Waals surface area (Å²) < 4.78 is 5.60. The molecular formula is C8H20OSi2. The van der Waals surface area contributed by atoms with Gasteiger partial charge in [-0.2, -0.15) is 0 Å². The van der Waals surface area contributed by atoms with Crippen LogP contribution in [0.25, 0.3) is 0 Å². The van der Waals surface area contributed by atoms with Gasteiger partial charge in [0, 0.05) is 0 Å². The molecule has 0 radical (unpaired) electrons. The molecule has 11 heavy (non-hydrogen) atoms. The Bertz CT molecular complexity index is 139. The van der Waals surface area contributed by atoms with Gasteiger partial charge in [-0.25, -0.2) is 0 Å². The summed E-state index contributed by atoms with van der Waals surface area (Å²) in [6.07, 6.45) is 1.92. The van der Waals surface area contributed by atoms with Crippen LogP contribution in [0.5, 0.6) is 0 Å². The van der Waals surface area contributed by atoms with Crippen LogP contribution in [0, 0.1) is 0 Å². The molecule has 1 nitrogen and oxygen atoms in total. The van der Waals surface area contributed by atoms with Gasteiger partial charge in [-0.1, -0.05) is 25.3 Å². The van der Waals surface area contributed by atoms with Gasteiger partial charge in [-0.05, 0) is 19.6 Å². The van der Waals surface area contributed by atoms with Gasteiger partial charge in [-0.3, -0.25) is 0 Å². The molecule has 0 saturated heterocycles. The molecule has 0 amide bonds. The van der Waals surface area contributed by atoms with Crippen molar-refractivity contribution < 1.29 is 4.43 Å². The second kappa shape index (κ2) is 3.58. The van der Waals surface area contributed by atoms with Crippen LogP contribution < -0.4 is 0 Å². The minimum atomic E-state index is -1.32. The third kappa shape index (κ3) is 9.97. The Balaban J connectivity index is 3.80. The van der Waals surface area contributed by atoms with Crippen LogP contribution in [-0.4, -0.2) is 16.4 Å². The van der Waals surface area contributed by atoms with Crippen LogP contribution in [0.3, 0.4) is 0 Å². The fourth-order valence-electron chi connectivity index (χ4n) is 0.442. The third-order valence-electron chi connectivity index (χ3n) is 0.990. The van der Waals surface area contributed by atoms with Gasteiger partial charge in [0.15, 0.2) is 0 Å². The van der Waals surface area contributed by atoms with Crippen molar-refractivity contribution in [1.82, 2.24) is 0 Å². The van der Waals surface area contributed by atoms with E-state index in [0.29, 0.717) is 0 Å². The molecule has 0 atom stereocenters. The maximum atomic E-state index is 5.60. The van der Waals surface area contributed by atoms with Crippen LogP contribution in [0.2, 0.25) is 39.3 Å². The highest BCUT2D eigenvalue weighted by Gasteiger charge is 2.14. The zero-order chi connectivity index (χ0) is 9.12. The summed E-state index contributed by atoms with van der Waals surface area (Å²) in [5.74, 6) is 0. The molecule has 66 valence electrons. The summed E-state index contributed by atoms with van der Waals surface area (Å²) in [6, 6.07) is 0. The molecule has 0 spiro atoms. The summed E-state index contributed by atoms with van der Waals surface area (Å²) in [6.45, 7) is 13.5. The Morgan fingerprint density at radius 1 is 0.909 bits per heavy atom. The Hall–Kier alpha value is -0.0262. The molecular weight excluding hydrogens is 168 g/mol. The quantitative estimate of drug-likeness (QED) is 0.488. The van der Waals surface area contributed by atoms with E-state index < -0.39 is 16.4 Å². The maximum Gasteiger partial charge on any atom is 0.241 e. The topological polar surface area (TPSA) is 9.23 Å². The van der Waals surface area contributed by atoms with Gasteiger partial charge in [0.25, 0.3) is 0 Å². The smallest absolute Gasteiger partial charge is 0.241 e. The van der Waals surface area contributed by atoms with Crippen molar-refractivity contribution in [3.8, 4) is 0 Å². The van der Waals surface area contributed by atoms with Crippen LogP contribution in [0.4, 0.5) is 0 Å². The minimum Gasteiger partial charge on any atom is -0.550 e. The van der Waals surface area contributed by atoms with E-state index in [9.17, 15) is 0 Å². The predicted octanol–water partition coefficient (Wildman–Crippen LogP) is 3.23. The molecule has 0 aliphatic carbocycles. The fraction of sp³-hybridized carbons (Fsp3) is 0.750. The molecule has 0 unspecified atom stereocenters. The molecule has 0 rings (SSSR count). The van der Waals surface area contributed by atoms with Gasteiger partial charge in [0.05, 0.1) is 14.3 Å². The molecule has 0 aromatic carbocycles. The molecule has 0 aliphatic rings. The van der Waals surface area contributed by atoms with Crippen molar-refractivity contribution in [2.75, 3.05) is 0 Å². The second-order valence-corrected chi connectivity index (χ2v) is 14.4. The lowest BCUT2D eigenvalue weighted by atomic mass is 11.2. The van der Waals surface area contributed by atoms with E-state index in [1.54, 1.807) is 0 Å². The lowest BCUT2D eigenvalue weighted by Crippen LogP contribution is -2.23. The van der Waals surface area contributed by atoms with E-state index in [2.05, 4.69) is 45.0 Å². The van der Waals surface area contributed by atoms with Gasteiger partial charge >= 0.3 is 0 Å². The molecule has 0 saturated carbocycles. The van der Waals surface area contributed by atoms with Crippen molar-refractivity contribution in [1.29, 1.82) is 0 Å². The third-order valence-corrected chi connectivity index (χ3v) is 2.97. The first-order valence-corrected chi connectivity index (χ1v) is 11.0. The molecule has 3 heteroatoms. The van der Waals surface area contributed by atoms with E-state index in [1.165, 1.54) is 0 Å². The molecule has 0 aromatic rings. The monoisotopic (exact) mass is 188 g/mol. The Labute approximate surface area is 72.6 Å². The van der Waals surface area contributed by atoms with Crippen molar-refractivity contribution >= 4 is 16.4 Å². The highest BCUT2D eigenvalue weighted by molar-refractivity contribution is 6.81. The molecule has 0 fully saturated rings. The number of rotatable bonds is 3. The average molecular weight is 188 g/mol. The molecule has 0 bridgehead atoms. The van der Waals surface area contributed by atoms with Crippen molar-refractivity contribution in [3.05, 3.63) is 12.0 Å². The number of hydrogen-bond donors (Lipinski definition) is 0. The van der Waals surface area contributed by atoms with Crippen LogP contribution >= 0.6 is 0 Å². The number of hydrogen-bond acceptors (Lipinski definition) is 1. The van der Waals surface area contributed by atoms with Gasteiger partial charge in [0.1, 0.15) is 0 Å². The Kier molecular flexibility index (Phi) is 3.57. The first kappa shape index (κ1) is 11.0. The van der Waals surface area contributed by atoms with Crippen LogP contribution in [-0.2, 0) is 4.43 Å². The molecule has 0 aliphatic heterocycles. The maximum absolute atomic E-state index is 5.60. The summed E-state index contributed by atoms with van der Waals surface area (Å²) in [4.78, 5) is 0. The van der Waals surface area contributed by atoms with Crippen LogP contribution in [0.15, 0.2) is 12.0 Å². The molecule has 0 heterocycles. The summed E-state index contributed by atoms with van der Waals surface area (Å²) in [5, 5.41) is 0. The van der Waals surface area contributed by atoms with Gasteiger partial charge in [0.2, 0.25) is 8.32 Å². The van der Waals surface area contributed by atoms with E-state index in [0.717, 1.165) is 0 Å². The highest BCUT2D eigenvalue weighted by Crippen LogP contribution is 2.06. The van der Waals surface area contributed by atoms with E-state index in [-0.39, 0.29) is 0 Å². The van der Waals surface area contributed by atoms with Gasteiger partial charge in [-0.15, -0.1) is 0 Å². The lowest BCUT2D eigenvalue weighted by Gasteiger charge is -2.16. The summed E-state index contributed by atoms with van der Waals surface area (Å²) in [5.41, 5.74) is 2.24. The van der Waals surface area contributed by atoms with Crippen molar-refractivity contribution in [2.45, 2.75) is 39.3 Å².